The molecule has 20 heavy (non-hydrogen) atoms. The van der Waals surface area contributed by atoms with E-state index in [0.29, 0.717) is 13.2 Å². The second-order valence-corrected chi connectivity index (χ2v) is 5.75. The summed E-state index contributed by atoms with van der Waals surface area (Å²) >= 11 is 1.22. The fourth-order valence-corrected chi connectivity index (χ4v) is 3.11. The van der Waals surface area contributed by atoms with Crippen LogP contribution in [0.2, 0.25) is 0 Å². The molecule has 1 aliphatic heterocycles. The molecule has 1 aromatic heterocycles. The molecule has 0 saturated carbocycles. The van der Waals surface area contributed by atoms with E-state index >= 15 is 0 Å². The van der Waals surface area contributed by atoms with E-state index < -0.39 is 0 Å². The van der Waals surface area contributed by atoms with Gasteiger partial charge < -0.3 is 10.1 Å². The Bertz CT molecular complexity index is 626. The lowest BCUT2D eigenvalue weighted by atomic mass is 10.0. The first-order valence-corrected chi connectivity index (χ1v) is 7.24. The van der Waals surface area contributed by atoms with Crippen molar-refractivity contribution in [2.24, 2.45) is 0 Å². The number of benzene rings is 1. The summed E-state index contributed by atoms with van der Waals surface area (Å²) in [5.74, 6) is 0.924. The number of nitrogens with zero attached hydrogens (tertiary/aromatic N) is 1. The van der Waals surface area contributed by atoms with Gasteiger partial charge in [-0.3, -0.25) is 10.1 Å². The monoisotopic (exact) mass is 290 g/mol. The Morgan fingerprint density at radius 2 is 2.20 bits per heavy atom. The largest absolute Gasteiger partial charge is 0.493 e. The van der Waals surface area contributed by atoms with Crippen molar-refractivity contribution in [3.63, 3.8) is 0 Å². The van der Waals surface area contributed by atoms with E-state index in [9.17, 15) is 10.1 Å². The number of thiophene rings is 1. The number of hydrogen-bond donors (Lipinski definition) is 1. The number of nitrogens with one attached hydrogen (secondary N) is 1. The van der Waals surface area contributed by atoms with Crippen LogP contribution < -0.4 is 10.1 Å². The maximum Gasteiger partial charge on any atom is 0.324 e. The smallest absolute Gasteiger partial charge is 0.324 e. The van der Waals surface area contributed by atoms with Crippen molar-refractivity contribution >= 4 is 16.3 Å². The van der Waals surface area contributed by atoms with Crippen molar-refractivity contribution in [1.29, 1.82) is 0 Å². The zero-order chi connectivity index (χ0) is 13.9. The third-order valence-electron chi connectivity index (χ3n) is 3.31. The molecule has 1 unspecified atom stereocenters. The van der Waals surface area contributed by atoms with Crippen LogP contribution in [0, 0.1) is 10.1 Å². The predicted octanol–water partition coefficient (Wildman–Crippen LogP) is 3.27. The van der Waals surface area contributed by atoms with Gasteiger partial charge in [0.15, 0.2) is 0 Å². The number of rotatable bonds is 4. The van der Waals surface area contributed by atoms with E-state index in [2.05, 4.69) is 11.4 Å². The van der Waals surface area contributed by atoms with E-state index in [4.69, 9.17) is 4.74 Å². The fourth-order valence-electron chi connectivity index (χ4n) is 2.34. The minimum atomic E-state index is -0.349. The molecule has 0 amide bonds. The van der Waals surface area contributed by atoms with Gasteiger partial charge in [-0.15, -0.1) is 0 Å². The molecule has 0 radical (unpaired) electrons. The average Bonchev–Trinajstić information content (AvgIpc) is 2.94. The Morgan fingerprint density at radius 3 is 3.00 bits per heavy atom. The van der Waals surface area contributed by atoms with Gasteiger partial charge in [0.05, 0.1) is 11.5 Å². The topological polar surface area (TPSA) is 64.4 Å². The molecule has 104 valence electrons. The van der Waals surface area contributed by atoms with Gasteiger partial charge in [-0.05, 0) is 12.1 Å². The number of nitro groups is 1. The number of para-hydroxylation sites is 1. The molecule has 0 aliphatic carbocycles. The van der Waals surface area contributed by atoms with Gasteiger partial charge in [-0.25, -0.2) is 0 Å². The molecule has 0 fully saturated rings. The quantitative estimate of drug-likeness (QED) is 0.693. The van der Waals surface area contributed by atoms with Crippen LogP contribution >= 0.6 is 11.3 Å². The van der Waals surface area contributed by atoms with E-state index in [1.165, 1.54) is 11.3 Å². The second-order valence-electron chi connectivity index (χ2n) is 4.61. The molecule has 0 bridgehead atoms. The lowest BCUT2D eigenvalue weighted by molar-refractivity contribution is -0.380. The highest BCUT2D eigenvalue weighted by Gasteiger charge is 2.20. The summed E-state index contributed by atoms with van der Waals surface area (Å²) in [6, 6.07) is 11.6. The summed E-state index contributed by atoms with van der Waals surface area (Å²) in [6.45, 7) is 1.33. The summed E-state index contributed by atoms with van der Waals surface area (Å²) in [4.78, 5) is 11.3. The summed E-state index contributed by atoms with van der Waals surface area (Å²) in [6.07, 6.45) is 0.907. The van der Waals surface area contributed by atoms with Crippen LogP contribution in [0.25, 0.3) is 0 Å². The van der Waals surface area contributed by atoms with E-state index in [0.717, 1.165) is 22.6 Å². The lowest BCUT2D eigenvalue weighted by Gasteiger charge is -2.26. The third kappa shape index (κ3) is 2.66. The molecule has 0 saturated heterocycles. The van der Waals surface area contributed by atoms with Crippen LogP contribution in [0.4, 0.5) is 5.00 Å². The number of fused-ring (bicyclic) bond motifs is 1. The maximum atomic E-state index is 10.7. The van der Waals surface area contributed by atoms with Crippen molar-refractivity contribution in [1.82, 2.24) is 5.32 Å². The standard InChI is InChI=1S/C14H14N2O3S/c17-16(18)14-6-5-10(20-14)9-15-12-7-8-19-13-4-2-1-3-11(12)13/h1-6,12,15H,7-9H2. The second kappa shape index (κ2) is 5.60. The fraction of sp³-hybridized carbons (Fsp3) is 0.286. The summed E-state index contributed by atoms with van der Waals surface area (Å²) in [5, 5.41) is 14.3. The lowest BCUT2D eigenvalue weighted by Crippen LogP contribution is -2.26. The minimum absolute atomic E-state index is 0.189. The SMILES string of the molecule is O=[N+]([O-])c1ccc(CNC2CCOc3ccccc32)s1. The molecule has 0 spiro atoms. The number of ether oxygens (including phenoxy) is 1. The van der Waals surface area contributed by atoms with Gasteiger partial charge in [0.2, 0.25) is 0 Å². The Kier molecular flexibility index (Phi) is 3.66. The van der Waals surface area contributed by atoms with Crippen LogP contribution in [-0.4, -0.2) is 11.5 Å². The Labute approximate surface area is 120 Å². The first-order chi connectivity index (χ1) is 9.74. The first-order valence-electron chi connectivity index (χ1n) is 6.42. The molecule has 1 N–H and O–H groups in total. The van der Waals surface area contributed by atoms with Crippen molar-refractivity contribution < 1.29 is 9.66 Å². The Morgan fingerprint density at radius 1 is 1.35 bits per heavy atom. The zero-order valence-electron chi connectivity index (χ0n) is 10.7. The van der Waals surface area contributed by atoms with Crippen molar-refractivity contribution in [2.75, 3.05) is 6.61 Å². The van der Waals surface area contributed by atoms with Crippen molar-refractivity contribution in [3.05, 3.63) is 57.0 Å². The van der Waals surface area contributed by atoms with Crippen LogP contribution in [0.5, 0.6) is 5.75 Å². The van der Waals surface area contributed by atoms with E-state index in [-0.39, 0.29) is 16.0 Å². The Balaban J connectivity index is 1.68. The van der Waals surface area contributed by atoms with Gasteiger partial charge >= 0.3 is 5.00 Å². The summed E-state index contributed by atoms with van der Waals surface area (Å²) in [7, 11) is 0. The Hall–Kier alpha value is -1.92. The van der Waals surface area contributed by atoms with Gasteiger partial charge in [0, 0.05) is 35.5 Å². The molecule has 1 aliphatic rings. The third-order valence-corrected chi connectivity index (χ3v) is 4.35. The molecule has 2 aromatic rings. The van der Waals surface area contributed by atoms with E-state index in [1.807, 2.05) is 18.2 Å². The van der Waals surface area contributed by atoms with Crippen molar-refractivity contribution in [2.45, 2.75) is 19.0 Å². The molecule has 5 nitrogen and oxygen atoms in total. The highest BCUT2D eigenvalue weighted by Crippen LogP contribution is 2.32. The molecule has 3 rings (SSSR count). The first kappa shape index (κ1) is 13.1. The predicted molar refractivity (Wildman–Crippen MR) is 77.1 cm³/mol. The van der Waals surface area contributed by atoms with Gasteiger partial charge in [0.25, 0.3) is 0 Å². The van der Waals surface area contributed by atoms with Crippen LogP contribution in [0.1, 0.15) is 22.9 Å². The molecular formula is C14H14N2O3S. The zero-order valence-corrected chi connectivity index (χ0v) is 11.6. The maximum absolute atomic E-state index is 10.7. The van der Waals surface area contributed by atoms with Crippen LogP contribution in [-0.2, 0) is 6.54 Å². The van der Waals surface area contributed by atoms with Crippen LogP contribution in [0.3, 0.4) is 0 Å². The summed E-state index contributed by atoms with van der Waals surface area (Å²) in [5.41, 5.74) is 1.16. The molecule has 1 atom stereocenters. The normalized spacial score (nSPS) is 17.3. The molecule has 2 heterocycles. The number of hydrogen-bond acceptors (Lipinski definition) is 5. The van der Waals surface area contributed by atoms with Crippen LogP contribution in [0.15, 0.2) is 36.4 Å². The van der Waals surface area contributed by atoms with Gasteiger partial charge in [-0.1, -0.05) is 29.5 Å². The molecular weight excluding hydrogens is 276 g/mol. The van der Waals surface area contributed by atoms with Crippen molar-refractivity contribution in [3.8, 4) is 5.75 Å². The average molecular weight is 290 g/mol. The molecule has 6 heteroatoms. The van der Waals surface area contributed by atoms with E-state index in [1.54, 1.807) is 12.1 Å². The molecule has 1 aromatic carbocycles. The minimum Gasteiger partial charge on any atom is -0.493 e. The summed E-state index contributed by atoms with van der Waals surface area (Å²) < 4.78 is 5.61. The van der Waals surface area contributed by atoms with Gasteiger partial charge in [0.1, 0.15) is 5.75 Å². The van der Waals surface area contributed by atoms with Gasteiger partial charge in [-0.2, -0.15) is 0 Å². The highest BCUT2D eigenvalue weighted by atomic mass is 32.1. The highest BCUT2D eigenvalue weighted by molar-refractivity contribution is 7.15.